The van der Waals surface area contributed by atoms with Crippen LogP contribution in [-0.2, 0) is 4.79 Å². The van der Waals surface area contributed by atoms with Gasteiger partial charge in [0.05, 0.1) is 18.3 Å². The number of carbonyl (C=O) groups excluding carboxylic acids is 1. The average molecular weight is 418 g/mol. The lowest BCUT2D eigenvalue weighted by molar-refractivity contribution is -0.134. The number of likely N-dealkylation sites (N-methyl/N-ethyl adjacent to an activating group) is 1. The molecule has 1 atom stereocenters. The minimum Gasteiger partial charge on any atom is -0.292 e. The summed E-state index contributed by atoms with van der Waals surface area (Å²) in [6.45, 7) is 7.35. The Kier molecular flexibility index (Phi) is 6.76. The topological polar surface area (TPSA) is 35.9 Å². The summed E-state index contributed by atoms with van der Waals surface area (Å²) in [4.78, 5) is 15.3. The predicted molar refractivity (Wildman–Crippen MR) is 116 cm³/mol. The number of rotatable bonds is 6. The minimum absolute atomic E-state index is 0.0393. The molecular weight excluding hydrogens is 393 g/mol. The molecule has 0 bridgehead atoms. The summed E-state index contributed by atoms with van der Waals surface area (Å²) in [5, 5.41) is 7.55. The van der Waals surface area contributed by atoms with Gasteiger partial charge in [0.25, 0.3) is 5.91 Å². The monoisotopic (exact) mass is 417 g/mol. The Morgan fingerprint density at radius 1 is 1.14 bits per heavy atom. The Balaban J connectivity index is 1.96. The van der Waals surface area contributed by atoms with E-state index in [1.54, 1.807) is 5.01 Å². The van der Waals surface area contributed by atoms with E-state index in [1.807, 2.05) is 48.5 Å². The van der Waals surface area contributed by atoms with Crippen LogP contribution in [0.25, 0.3) is 0 Å². The lowest BCUT2D eigenvalue weighted by Crippen LogP contribution is -2.41. The molecule has 1 heterocycles. The highest BCUT2D eigenvalue weighted by Gasteiger charge is 2.35. The molecule has 0 fully saturated rings. The fraction of sp³-hybridized carbons (Fsp3) is 0.364. The van der Waals surface area contributed by atoms with Crippen molar-refractivity contribution in [2.75, 3.05) is 13.1 Å². The fourth-order valence-electron chi connectivity index (χ4n) is 3.49. The summed E-state index contributed by atoms with van der Waals surface area (Å²) in [7, 11) is 0. The summed E-state index contributed by atoms with van der Waals surface area (Å²) >= 11 is 12.8. The highest BCUT2D eigenvalue weighted by molar-refractivity contribution is 6.34. The van der Waals surface area contributed by atoms with E-state index in [-0.39, 0.29) is 18.0 Å². The molecule has 148 valence electrons. The maximum Gasteiger partial charge on any atom is 0.257 e. The molecule has 2 aromatic carbocycles. The van der Waals surface area contributed by atoms with E-state index in [1.165, 1.54) is 0 Å². The van der Waals surface area contributed by atoms with Crippen LogP contribution in [0.1, 0.15) is 44.4 Å². The summed E-state index contributed by atoms with van der Waals surface area (Å²) in [6.07, 6.45) is 0.576. The van der Waals surface area contributed by atoms with Crippen LogP contribution in [-0.4, -0.2) is 40.7 Å². The van der Waals surface area contributed by atoms with E-state index in [0.717, 1.165) is 23.4 Å². The van der Waals surface area contributed by atoms with E-state index in [9.17, 15) is 4.79 Å². The van der Waals surface area contributed by atoms with Crippen LogP contribution in [0.2, 0.25) is 10.0 Å². The van der Waals surface area contributed by atoms with Gasteiger partial charge in [0.2, 0.25) is 0 Å². The van der Waals surface area contributed by atoms with Crippen LogP contribution in [0.3, 0.4) is 0 Å². The quantitative estimate of drug-likeness (QED) is 0.630. The van der Waals surface area contributed by atoms with Crippen LogP contribution < -0.4 is 0 Å². The van der Waals surface area contributed by atoms with Gasteiger partial charge in [0, 0.05) is 28.1 Å². The zero-order valence-electron chi connectivity index (χ0n) is 16.4. The molecule has 3 rings (SSSR count). The third kappa shape index (κ3) is 4.40. The van der Waals surface area contributed by atoms with Crippen molar-refractivity contribution in [1.82, 2.24) is 9.91 Å². The largest absolute Gasteiger partial charge is 0.292 e. The molecule has 0 aromatic heterocycles. The molecule has 4 nitrogen and oxygen atoms in total. The van der Waals surface area contributed by atoms with Gasteiger partial charge in [0.15, 0.2) is 0 Å². The van der Waals surface area contributed by atoms with Crippen molar-refractivity contribution in [2.45, 2.75) is 39.3 Å². The van der Waals surface area contributed by atoms with Crippen molar-refractivity contribution in [3.8, 4) is 0 Å². The average Bonchev–Trinajstić information content (AvgIpc) is 3.11. The van der Waals surface area contributed by atoms with Crippen molar-refractivity contribution in [1.29, 1.82) is 0 Å². The molecule has 0 saturated carbocycles. The highest BCUT2D eigenvalue weighted by Crippen LogP contribution is 2.37. The Morgan fingerprint density at radius 3 is 2.39 bits per heavy atom. The molecule has 0 radical (unpaired) electrons. The van der Waals surface area contributed by atoms with Gasteiger partial charge in [0.1, 0.15) is 0 Å². The lowest BCUT2D eigenvalue weighted by atomic mass is 9.98. The number of nitrogens with zero attached hydrogens (tertiary/aromatic N) is 3. The summed E-state index contributed by atoms with van der Waals surface area (Å²) in [5.74, 6) is -0.0393. The molecule has 6 heteroatoms. The van der Waals surface area contributed by atoms with Gasteiger partial charge in [-0.15, -0.1) is 0 Å². The van der Waals surface area contributed by atoms with E-state index < -0.39 is 0 Å². The first-order valence-corrected chi connectivity index (χ1v) is 10.3. The first-order chi connectivity index (χ1) is 13.4. The molecule has 0 aliphatic carbocycles. The Morgan fingerprint density at radius 2 is 1.79 bits per heavy atom. The Labute approximate surface area is 176 Å². The van der Waals surface area contributed by atoms with Crippen molar-refractivity contribution < 1.29 is 4.79 Å². The normalized spacial score (nSPS) is 16.8. The summed E-state index contributed by atoms with van der Waals surface area (Å²) in [6, 6.07) is 15.3. The van der Waals surface area contributed by atoms with Crippen molar-refractivity contribution in [2.24, 2.45) is 5.10 Å². The van der Waals surface area contributed by atoms with Crippen LogP contribution in [0.5, 0.6) is 0 Å². The number of amides is 1. The van der Waals surface area contributed by atoms with Gasteiger partial charge in [-0.1, -0.05) is 66.5 Å². The van der Waals surface area contributed by atoms with Gasteiger partial charge in [-0.2, -0.15) is 5.10 Å². The minimum atomic E-state index is -0.238. The second-order valence-electron chi connectivity index (χ2n) is 7.16. The van der Waals surface area contributed by atoms with Crippen LogP contribution >= 0.6 is 23.2 Å². The molecule has 1 amide bonds. The zero-order chi connectivity index (χ0) is 20.3. The van der Waals surface area contributed by atoms with E-state index in [2.05, 4.69) is 25.7 Å². The van der Waals surface area contributed by atoms with Crippen LogP contribution in [0, 0.1) is 0 Å². The van der Waals surface area contributed by atoms with Crippen LogP contribution in [0.15, 0.2) is 53.6 Å². The van der Waals surface area contributed by atoms with Gasteiger partial charge >= 0.3 is 0 Å². The summed E-state index contributed by atoms with van der Waals surface area (Å²) < 4.78 is 0. The number of hydrogen-bond acceptors (Lipinski definition) is 3. The highest BCUT2D eigenvalue weighted by atomic mass is 35.5. The number of carbonyl (C=O) groups is 1. The first-order valence-electron chi connectivity index (χ1n) is 9.55. The van der Waals surface area contributed by atoms with E-state index in [4.69, 9.17) is 28.3 Å². The number of benzene rings is 2. The molecule has 1 aliphatic heterocycles. The molecule has 0 saturated heterocycles. The second kappa shape index (κ2) is 9.08. The molecule has 0 spiro atoms. The number of hydrogen-bond donors (Lipinski definition) is 0. The maximum absolute atomic E-state index is 13.2. The molecule has 1 aliphatic rings. The van der Waals surface area contributed by atoms with Crippen molar-refractivity contribution in [3.63, 3.8) is 0 Å². The molecular formula is C22H25Cl2N3O. The van der Waals surface area contributed by atoms with Crippen molar-refractivity contribution >= 4 is 34.8 Å². The summed E-state index contributed by atoms with van der Waals surface area (Å²) in [5.41, 5.74) is 2.56. The maximum atomic E-state index is 13.2. The smallest absolute Gasteiger partial charge is 0.257 e. The number of hydrazone groups is 1. The third-order valence-electron chi connectivity index (χ3n) is 5.09. The SMILES string of the molecule is CCN(CC(=O)N1N=C(c2ccccc2Cl)CC1c1ccccc1Cl)C(C)C. The number of halogens is 2. The first kappa shape index (κ1) is 20.8. The Hall–Kier alpha value is -1.88. The van der Waals surface area contributed by atoms with Gasteiger partial charge in [-0.3, -0.25) is 9.69 Å². The lowest BCUT2D eigenvalue weighted by Gasteiger charge is -2.28. The fourth-order valence-corrected chi connectivity index (χ4v) is 4.00. The Bertz CT molecular complexity index is 882. The zero-order valence-corrected chi connectivity index (χ0v) is 17.9. The van der Waals surface area contributed by atoms with Gasteiger partial charge in [-0.05, 0) is 38.1 Å². The third-order valence-corrected chi connectivity index (χ3v) is 5.76. The molecule has 2 aromatic rings. The molecule has 1 unspecified atom stereocenters. The second-order valence-corrected chi connectivity index (χ2v) is 7.98. The van der Waals surface area contributed by atoms with E-state index >= 15 is 0 Å². The van der Waals surface area contributed by atoms with Gasteiger partial charge in [-0.25, -0.2) is 5.01 Å². The molecule has 28 heavy (non-hydrogen) atoms. The van der Waals surface area contributed by atoms with Crippen LogP contribution in [0.4, 0.5) is 0 Å². The predicted octanol–water partition coefficient (Wildman–Crippen LogP) is 5.40. The standard InChI is InChI=1S/C22H25Cl2N3O/c1-4-26(15(2)3)14-22(28)27-21(17-10-6-8-12-19(17)24)13-20(25-27)16-9-5-7-11-18(16)23/h5-12,15,21H,4,13-14H2,1-3H3. The molecule has 0 N–H and O–H groups in total. The van der Waals surface area contributed by atoms with Gasteiger partial charge < -0.3 is 0 Å². The van der Waals surface area contributed by atoms with E-state index in [0.29, 0.717) is 23.0 Å². The van der Waals surface area contributed by atoms with Crippen molar-refractivity contribution in [3.05, 3.63) is 69.7 Å².